The fraction of sp³-hybridized carbons (Fsp3) is 0.148. The summed E-state index contributed by atoms with van der Waals surface area (Å²) in [6, 6.07) is 17.2. The van der Waals surface area contributed by atoms with Crippen molar-refractivity contribution >= 4 is 28.9 Å². The molecule has 0 bridgehead atoms. The van der Waals surface area contributed by atoms with Crippen LogP contribution >= 0.6 is 0 Å². The fourth-order valence-electron chi connectivity index (χ4n) is 4.39. The SMILES string of the molecule is COc1ccc(C(=O)Nc2cc(-c3c(Nc4ccccc4)c4c(n3C)CNCC4=O)ccn2)cc1F. The number of para-hydroxylation sites is 1. The van der Waals surface area contributed by atoms with E-state index in [1.807, 2.05) is 48.0 Å². The molecule has 2 aromatic carbocycles. The number of rotatable bonds is 6. The van der Waals surface area contributed by atoms with E-state index in [-0.39, 0.29) is 23.6 Å². The number of halogens is 1. The monoisotopic (exact) mass is 485 g/mol. The molecule has 3 heterocycles. The second-order valence-electron chi connectivity index (χ2n) is 8.36. The van der Waals surface area contributed by atoms with Crippen molar-refractivity contribution in [1.82, 2.24) is 14.9 Å². The maximum absolute atomic E-state index is 14.1. The number of nitrogens with one attached hydrogen (secondary N) is 3. The topological polar surface area (TPSA) is 97.3 Å². The van der Waals surface area contributed by atoms with Crippen molar-refractivity contribution in [2.75, 3.05) is 24.3 Å². The Morgan fingerprint density at radius 1 is 1.11 bits per heavy atom. The molecular weight excluding hydrogens is 461 g/mol. The van der Waals surface area contributed by atoms with Gasteiger partial charge in [0.05, 0.1) is 30.6 Å². The summed E-state index contributed by atoms with van der Waals surface area (Å²) in [7, 11) is 3.27. The minimum Gasteiger partial charge on any atom is -0.494 e. The van der Waals surface area contributed by atoms with Crippen LogP contribution in [-0.2, 0) is 13.6 Å². The Morgan fingerprint density at radius 2 is 1.92 bits per heavy atom. The van der Waals surface area contributed by atoms with Gasteiger partial charge in [-0.05, 0) is 42.5 Å². The molecule has 0 unspecified atom stereocenters. The number of amides is 1. The highest BCUT2D eigenvalue weighted by Crippen LogP contribution is 2.39. The molecule has 0 saturated carbocycles. The summed E-state index contributed by atoms with van der Waals surface area (Å²) < 4.78 is 21.0. The van der Waals surface area contributed by atoms with Crippen molar-refractivity contribution in [2.24, 2.45) is 7.05 Å². The summed E-state index contributed by atoms with van der Waals surface area (Å²) >= 11 is 0. The van der Waals surface area contributed by atoms with Crippen molar-refractivity contribution in [1.29, 1.82) is 0 Å². The molecule has 8 nitrogen and oxygen atoms in total. The summed E-state index contributed by atoms with van der Waals surface area (Å²) in [5, 5.41) is 9.30. The molecule has 36 heavy (non-hydrogen) atoms. The van der Waals surface area contributed by atoms with E-state index in [1.165, 1.54) is 19.2 Å². The zero-order valence-corrected chi connectivity index (χ0v) is 19.8. The quantitative estimate of drug-likeness (QED) is 0.372. The van der Waals surface area contributed by atoms with Crippen LogP contribution in [0.25, 0.3) is 11.3 Å². The predicted molar refractivity (Wildman–Crippen MR) is 135 cm³/mol. The Balaban J connectivity index is 1.53. The molecule has 0 aliphatic carbocycles. The standard InChI is InChI=1S/C27H24FN5O3/c1-33-20-14-29-15-21(34)24(20)25(31-18-6-4-3-5-7-18)26(33)16-10-11-30-23(13-16)32-27(35)17-8-9-22(36-2)19(28)12-17/h3-13,29,31H,14-15H2,1-2H3,(H,30,32,35). The van der Waals surface area contributed by atoms with E-state index < -0.39 is 11.7 Å². The third-order valence-corrected chi connectivity index (χ3v) is 6.10. The molecule has 0 saturated heterocycles. The van der Waals surface area contributed by atoms with E-state index in [0.717, 1.165) is 28.7 Å². The molecule has 3 N–H and O–H groups in total. The van der Waals surface area contributed by atoms with Crippen LogP contribution in [-0.4, -0.2) is 34.9 Å². The normalized spacial score (nSPS) is 12.7. The van der Waals surface area contributed by atoms with Crippen molar-refractivity contribution in [3.8, 4) is 17.0 Å². The van der Waals surface area contributed by atoms with Gasteiger partial charge in [-0.1, -0.05) is 18.2 Å². The van der Waals surface area contributed by atoms with Gasteiger partial charge in [0.15, 0.2) is 17.3 Å². The maximum atomic E-state index is 14.1. The highest BCUT2D eigenvalue weighted by atomic mass is 19.1. The number of nitrogens with zero attached hydrogens (tertiary/aromatic N) is 2. The summed E-state index contributed by atoms with van der Waals surface area (Å²) in [5.41, 5.74) is 4.74. The number of carbonyl (C=O) groups excluding carboxylic acids is 2. The van der Waals surface area contributed by atoms with Gasteiger partial charge in [-0.3, -0.25) is 9.59 Å². The van der Waals surface area contributed by atoms with E-state index >= 15 is 0 Å². The molecule has 1 aliphatic rings. The Kier molecular flexibility index (Phi) is 6.22. The Morgan fingerprint density at radius 3 is 2.67 bits per heavy atom. The number of Topliss-reactive ketones (excluding diaryl/α,β-unsaturated/α-hetero) is 1. The third kappa shape index (κ3) is 4.32. The Bertz CT molecular complexity index is 1470. The van der Waals surface area contributed by atoms with E-state index in [1.54, 1.807) is 12.3 Å². The zero-order valence-electron chi connectivity index (χ0n) is 19.8. The van der Waals surface area contributed by atoms with Crippen LogP contribution in [0.2, 0.25) is 0 Å². The van der Waals surface area contributed by atoms with Crippen molar-refractivity contribution in [3.63, 3.8) is 0 Å². The Hall–Kier alpha value is -4.50. The second kappa shape index (κ2) is 9.63. The first-order valence-electron chi connectivity index (χ1n) is 11.3. The molecule has 182 valence electrons. The zero-order chi connectivity index (χ0) is 25.2. The van der Waals surface area contributed by atoms with Gasteiger partial charge in [0.25, 0.3) is 5.91 Å². The number of pyridine rings is 1. The second-order valence-corrected chi connectivity index (χ2v) is 8.36. The number of carbonyl (C=O) groups is 2. The van der Waals surface area contributed by atoms with Gasteiger partial charge in [-0.25, -0.2) is 9.37 Å². The summed E-state index contributed by atoms with van der Waals surface area (Å²) in [4.78, 5) is 29.9. The smallest absolute Gasteiger partial charge is 0.256 e. The van der Waals surface area contributed by atoms with Gasteiger partial charge in [0.2, 0.25) is 0 Å². The van der Waals surface area contributed by atoms with Crippen molar-refractivity contribution in [3.05, 3.63) is 89.5 Å². The van der Waals surface area contributed by atoms with E-state index in [4.69, 9.17) is 4.74 Å². The number of hydrogen-bond acceptors (Lipinski definition) is 6. The van der Waals surface area contributed by atoms with E-state index in [9.17, 15) is 14.0 Å². The average Bonchev–Trinajstić information content (AvgIpc) is 3.17. The summed E-state index contributed by atoms with van der Waals surface area (Å²) in [6.45, 7) is 0.814. The van der Waals surface area contributed by atoms with Crippen LogP contribution in [0.3, 0.4) is 0 Å². The van der Waals surface area contributed by atoms with E-state index in [2.05, 4.69) is 20.9 Å². The molecular formula is C27H24FN5O3. The number of methoxy groups -OCH3 is 1. The summed E-state index contributed by atoms with van der Waals surface area (Å²) in [6.07, 6.45) is 1.58. The number of hydrogen-bond donors (Lipinski definition) is 3. The Labute approximate surface area is 207 Å². The first-order chi connectivity index (χ1) is 17.5. The molecule has 0 spiro atoms. The molecule has 5 rings (SSSR count). The van der Waals surface area contributed by atoms with Gasteiger partial charge in [-0.2, -0.15) is 0 Å². The lowest BCUT2D eigenvalue weighted by molar-refractivity contribution is 0.0980. The number of ketones is 1. The first kappa shape index (κ1) is 23.3. The molecule has 4 aromatic rings. The summed E-state index contributed by atoms with van der Waals surface area (Å²) in [5.74, 6) is -0.781. The highest BCUT2D eigenvalue weighted by molar-refractivity contribution is 6.09. The van der Waals surface area contributed by atoms with Crippen LogP contribution < -0.4 is 20.7 Å². The lowest BCUT2D eigenvalue weighted by Crippen LogP contribution is -2.30. The number of aromatic nitrogens is 2. The molecule has 0 radical (unpaired) electrons. The number of anilines is 3. The van der Waals surface area contributed by atoms with Crippen LogP contribution in [0.15, 0.2) is 66.9 Å². The van der Waals surface area contributed by atoms with Crippen molar-refractivity contribution < 1.29 is 18.7 Å². The number of fused-ring (bicyclic) bond motifs is 1. The van der Waals surface area contributed by atoms with Crippen LogP contribution in [0.1, 0.15) is 26.4 Å². The predicted octanol–water partition coefficient (Wildman–Crippen LogP) is 4.52. The van der Waals surface area contributed by atoms with Gasteiger partial charge in [0.1, 0.15) is 5.82 Å². The first-order valence-corrected chi connectivity index (χ1v) is 11.3. The minimum absolute atomic E-state index is 0.000598. The van der Waals surface area contributed by atoms with Gasteiger partial charge in [-0.15, -0.1) is 0 Å². The lowest BCUT2D eigenvalue weighted by atomic mass is 10.0. The van der Waals surface area contributed by atoms with Gasteiger partial charge in [0, 0.05) is 42.3 Å². The lowest BCUT2D eigenvalue weighted by Gasteiger charge is -2.15. The highest BCUT2D eigenvalue weighted by Gasteiger charge is 2.29. The van der Waals surface area contributed by atoms with Gasteiger partial charge < -0.3 is 25.3 Å². The average molecular weight is 486 g/mol. The van der Waals surface area contributed by atoms with Crippen LogP contribution in [0.5, 0.6) is 5.75 Å². The van der Waals surface area contributed by atoms with Crippen LogP contribution in [0, 0.1) is 5.82 Å². The minimum atomic E-state index is -0.629. The molecule has 0 atom stereocenters. The molecule has 9 heteroatoms. The van der Waals surface area contributed by atoms with Crippen molar-refractivity contribution in [2.45, 2.75) is 6.54 Å². The maximum Gasteiger partial charge on any atom is 0.256 e. The fourth-order valence-corrected chi connectivity index (χ4v) is 4.39. The molecule has 1 aliphatic heterocycles. The molecule has 1 amide bonds. The number of benzene rings is 2. The van der Waals surface area contributed by atoms with E-state index in [0.29, 0.717) is 23.6 Å². The number of ether oxygens (including phenoxy) is 1. The third-order valence-electron chi connectivity index (χ3n) is 6.10. The van der Waals surface area contributed by atoms with Gasteiger partial charge >= 0.3 is 0 Å². The molecule has 0 fully saturated rings. The largest absolute Gasteiger partial charge is 0.494 e. The molecule has 2 aromatic heterocycles. The van der Waals surface area contributed by atoms with Crippen LogP contribution in [0.4, 0.5) is 21.6 Å².